The first-order valence-electron chi connectivity index (χ1n) is 6.79. The van der Waals surface area contributed by atoms with Gasteiger partial charge < -0.3 is 4.42 Å². The van der Waals surface area contributed by atoms with Crippen molar-refractivity contribution in [1.29, 1.82) is 0 Å². The van der Waals surface area contributed by atoms with Gasteiger partial charge in [-0.05, 0) is 31.2 Å². The summed E-state index contributed by atoms with van der Waals surface area (Å²) in [5, 5.41) is 19.5. The van der Waals surface area contributed by atoms with Gasteiger partial charge in [0.25, 0.3) is 5.69 Å². The maximum atomic E-state index is 10.7. The predicted molar refractivity (Wildman–Crippen MR) is 84.9 cm³/mol. The van der Waals surface area contributed by atoms with Crippen molar-refractivity contribution in [2.24, 2.45) is 0 Å². The van der Waals surface area contributed by atoms with E-state index in [1.165, 1.54) is 23.9 Å². The lowest BCUT2D eigenvalue weighted by molar-refractivity contribution is -0.384. The normalized spacial score (nSPS) is 12.0. The maximum Gasteiger partial charge on any atom is 0.269 e. The van der Waals surface area contributed by atoms with Gasteiger partial charge in [-0.2, -0.15) is 0 Å². The first-order valence-corrected chi connectivity index (χ1v) is 7.67. The fraction of sp³-hybridized carbons (Fsp3) is 0.133. The highest BCUT2D eigenvalue weighted by Gasteiger charge is 2.17. The topological polar surface area (TPSA) is 95.0 Å². The molecule has 0 fully saturated rings. The molecular formula is C15H12N4O3S. The van der Waals surface area contributed by atoms with Crippen LogP contribution in [0.2, 0.25) is 0 Å². The van der Waals surface area contributed by atoms with Crippen molar-refractivity contribution < 1.29 is 9.34 Å². The van der Waals surface area contributed by atoms with Crippen molar-refractivity contribution in [3.63, 3.8) is 0 Å². The Morgan fingerprint density at radius 1 is 1.17 bits per heavy atom. The first-order chi connectivity index (χ1) is 11.1. The number of hydrogen-bond acceptors (Lipinski definition) is 7. The minimum absolute atomic E-state index is 0.0209. The van der Waals surface area contributed by atoms with E-state index in [0.717, 1.165) is 5.03 Å². The highest BCUT2D eigenvalue weighted by atomic mass is 32.2. The van der Waals surface area contributed by atoms with Crippen LogP contribution in [-0.4, -0.2) is 20.1 Å². The number of rotatable bonds is 5. The van der Waals surface area contributed by atoms with Gasteiger partial charge in [0.1, 0.15) is 0 Å². The lowest BCUT2D eigenvalue weighted by atomic mass is 10.2. The van der Waals surface area contributed by atoms with Crippen molar-refractivity contribution >= 4 is 17.4 Å². The molecule has 3 aromatic rings. The van der Waals surface area contributed by atoms with E-state index in [1.54, 1.807) is 18.3 Å². The zero-order chi connectivity index (χ0) is 16.2. The van der Waals surface area contributed by atoms with E-state index < -0.39 is 4.92 Å². The van der Waals surface area contributed by atoms with Gasteiger partial charge in [0.2, 0.25) is 11.8 Å². The molecule has 1 atom stereocenters. The average molecular weight is 328 g/mol. The standard InChI is InChI=1S/C15H12N4O3S/c1-10(23-13-4-2-3-9-16-13)14-17-18-15(22-14)11-5-7-12(8-6-11)19(20)21/h2-10H,1H3/t10-/m0/s1. The number of nitrogens with zero attached hydrogens (tertiary/aromatic N) is 4. The summed E-state index contributed by atoms with van der Waals surface area (Å²) in [5.41, 5.74) is 0.664. The average Bonchev–Trinajstić information content (AvgIpc) is 3.06. The molecule has 7 nitrogen and oxygen atoms in total. The van der Waals surface area contributed by atoms with Gasteiger partial charge in [-0.1, -0.05) is 17.8 Å². The Hall–Kier alpha value is -2.74. The fourth-order valence-electron chi connectivity index (χ4n) is 1.89. The van der Waals surface area contributed by atoms with Crippen LogP contribution in [-0.2, 0) is 0 Å². The molecule has 0 saturated heterocycles. The van der Waals surface area contributed by atoms with E-state index in [-0.39, 0.29) is 10.9 Å². The minimum Gasteiger partial charge on any atom is -0.419 e. The van der Waals surface area contributed by atoms with E-state index in [9.17, 15) is 10.1 Å². The molecule has 0 radical (unpaired) electrons. The number of non-ortho nitro benzene ring substituents is 1. The van der Waals surface area contributed by atoms with Crippen LogP contribution in [0, 0.1) is 10.1 Å². The van der Waals surface area contributed by atoms with Crippen LogP contribution in [0.25, 0.3) is 11.5 Å². The molecule has 0 aliphatic carbocycles. The van der Waals surface area contributed by atoms with Gasteiger partial charge in [0.15, 0.2) is 0 Å². The minimum atomic E-state index is -0.450. The molecule has 2 aromatic heterocycles. The fourth-order valence-corrected chi connectivity index (χ4v) is 2.73. The van der Waals surface area contributed by atoms with E-state index in [0.29, 0.717) is 17.3 Å². The number of benzene rings is 1. The van der Waals surface area contributed by atoms with E-state index in [1.807, 2.05) is 25.1 Å². The molecule has 0 aliphatic heterocycles. The summed E-state index contributed by atoms with van der Waals surface area (Å²) in [5.74, 6) is 0.817. The van der Waals surface area contributed by atoms with Gasteiger partial charge in [-0.3, -0.25) is 10.1 Å². The summed E-state index contributed by atoms with van der Waals surface area (Å²) in [7, 11) is 0. The van der Waals surface area contributed by atoms with Crippen molar-refractivity contribution in [2.45, 2.75) is 17.2 Å². The van der Waals surface area contributed by atoms with Crippen LogP contribution in [0.1, 0.15) is 18.1 Å². The van der Waals surface area contributed by atoms with Crippen LogP contribution >= 0.6 is 11.8 Å². The van der Waals surface area contributed by atoms with Crippen molar-refractivity contribution in [3.05, 3.63) is 64.7 Å². The zero-order valence-corrected chi connectivity index (χ0v) is 12.9. The van der Waals surface area contributed by atoms with Crippen molar-refractivity contribution in [1.82, 2.24) is 15.2 Å². The predicted octanol–water partition coefficient (Wildman–Crippen LogP) is 3.89. The van der Waals surface area contributed by atoms with Crippen molar-refractivity contribution in [2.75, 3.05) is 0 Å². The summed E-state index contributed by atoms with van der Waals surface area (Å²) in [6.07, 6.45) is 1.73. The van der Waals surface area contributed by atoms with Gasteiger partial charge in [-0.15, -0.1) is 10.2 Å². The molecule has 0 N–H and O–H groups in total. The van der Waals surface area contributed by atoms with E-state index >= 15 is 0 Å². The summed E-state index contributed by atoms with van der Waals surface area (Å²) in [4.78, 5) is 14.5. The Kier molecular flexibility index (Phi) is 4.33. The monoisotopic (exact) mass is 328 g/mol. The molecule has 0 amide bonds. The Bertz CT molecular complexity index is 805. The highest BCUT2D eigenvalue weighted by molar-refractivity contribution is 7.99. The molecule has 2 heterocycles. The smallest absolute Gasteiger partial charge is 0.269 e. The second kappa shape index (κ2) is 6.57. The summed E-state index contributed by atoms with van der Waals surface area (Å²) in [6, 6.07) is 11.7. The van der Waals surface area contributed by atoms with Crippen LogP contribution < -0.4 is 0 Å². The van der Waals surface area contributed by atoms with Gasteiger partial charge >= 0.3 is 0 Å². The van der Waals surface area contributed by atoms with Gasteiger partial charge in [0.05, 0.1) is 15.2 Å². The second-order valence-corrected chi connectivity index (χ2v) is 6.04. The SMILES string of the molecule is C[C@H](Sc1ccccn1)c1nnc(-c2ccc([N+](=O)[O-])cc2)o1. The van der Waals surface area contributed by atoms with E-state index in [4.69, 9.17) is 4.42 Å². The molecule has 116 valence electrons. The van der Waals surface area contributed by atoms with Gasteiger partial charge in [-0.25, -0.2) is 4.98 Å². The largest absolute Gasteiger partial charge is 0.419 e. The molecule has 0 bridgehead atoms. The van der Waals surface area contributed by atoms with Crippen LogP contribution in [0.5, 0.6) is 0 Å². The number of hydrogen-bond donors (Lipinski definition) is 0. The Labute approximate surface area is 135 Å². The number of aromatic nitrogens is 3. The Balaban J connectivity index is 1.76. The molecule has 0 unspecified atom stereocenters. The molecule has 0 saturated carbocycles. The second-order valence-electron chi connectivity index (χ2n) is 4.68. The summed E-state index contributed by atoms with van der Waals surface area (Å²) >= 11 is 1.51. The first kappa shape index (κ1) is 15.2. The molecule has 8 heteroatoms. The summed E-state index contributed by atoms with van der Waals surface area (Å²) in [6.45, 7) is 1.95. The highest BCUT2D eigenvalue weighted by Crippen LogP contribution is 2.33. The number of nitro groups is 1. The lowest BCUT2D eigenvalue weighted by Crippen LogP contribution is -1.89. The van der Waals surface area contributed by atoms with Crippen molar-refractivity contribution in [3.8, 4) is 11.5 Å². The van der Waals surface area contributed by atoms with Crippen LogP contribution in [0.4, 0.5) is 5.69 Å². The quantitative estimate of drug-likeness (QED) is 0.398. The molecule has 0 aliphatic rings. The third-order valence-electron chi connectivity index (χ3n) is 3.05. The molecule has 23 heavy (non-hydrogen) atoms. The van der Waals surface area contributed by atoms with E-state index in [2.05, 4.69) is 15.2 Å². The summed E-state index contributed by atoms with van der Waals surface area (Å²) < 4.78 is 5.66. The number of nitro benzene ring substituents is 1. The lowest BCUT2D eigenvalue weighted by Gasteiger charge is -2.04. The van der Waals surface area contributed by atoms with Crippen LogP contribution in [0.15, 0.2) is 58.1 Å². The molecule has 1 aromatic carbocycles. The molecular weight excluding hydrogens is 316 g/mol. The Morgan fingerprint density at radius 3 is 2.61 bits per heavy atom. The number of thioether (sulfide) groups is 1. The number of pyridine rings is 1. The molecule has 3 rings (SSSR count). The molecule has 0 spiro atoms. The maximum absolute atomic E-state index is 10.7. The van der Waals surface area contributed by atoms with Crippen LogP contribution in [0.3, 0.4) is 0 Å². The van der Waals surface area contributed by atoms with Gasteiger partial charge in [0, 0.05) is 23.9 Å². The third kappa shape index (κ3) is 3.54. The zero-order valence-electron chi connectivity index (χ0n) is 12.1. The Morgan fingerprint density at radius 2 is 1.96 bits per heavy atom. The third-order valence-corrected chi connectivity index (χ3v) is 4.09.